The standard InChI is InChI=1S/C9H10BrNO4S/c1-6(9(12)13)16(14,15)5-7-2-8(10)4-11-3-7/h2-4,6H,5H2,1H3,(H,12,13). The molecule has 1 N–H and O–H groups in total. The smallest absolute Gasteiger partial charge is 0.321 e. The summed E-state index contributed by atoms with van der Waals surface area (Å²) in [6.45, 7) is 1.16. The van der Waals surface area contributed by atoms with Gasteiger partial charge in [-0.1, -0.05) is 0 Å². The molecule has 5 nitrogen and oxygen atoms in total. The molecule has 1 rings (SSSR count). The molecule has 0 aromatic carbocycles. The van der Waals surface area contributed by atoms with Crippen LogP contribution in [-0.2, 0) is 20.4 Å². The summed E-state index contributed by atoms with van der Waals surface area (Å²) in [6, 6.07) is 1.60. The van der Waals surface area contributed by atoms with Crippen LogP contribution < -0.4 is 0 Å². The summed E-state index contributed by atoms with van der Waals surface area (Å²) >= 11 is 3.16. The van der Waals surface area contributed by atoms with Crippen LogP contribution in [0, 0.1) is 0 Å². The lowest BCUT2D eigenvalue weighted by Crippen LogP contribution is -2.28. The molecular formula is C9H10BrNO4S. The molecule has 0 aliphatic carbocycles. The molecule has 0 amide bonds. The maximum atomic E-state index is 11.6. The molecule has 0 fully saturated rings. The molecule has 0 spiro atoms. The van der Waals surface area contributed by atoms with E-state index in [0.717, 1.165) is 6.92 Å². The van der Waals surface area contributed by atoms with Crippen molar-refractivity contribution in [3.63, 3.8) is 0 Å². The van der Waals surface area contributed by atoms with E-state index in [1.807, 2.05) is 0 Å². The number of halogens is 1. The van der Waals surface area contributed by atoms with E-state index in [0.29, 0.717) is 10.0 Å². The second-order valence-electron chi connectivity index (χ2n) is 3.30. The minimum atomic E-state index is -3.69. The average molecular weight is 308 g/mol. The highest BCUT2D eigenvalue weighted by Gasteiger charge is 2.27. The highest BCUT2D eigenvalue weighted by molar-refractivity contribution is 9.10. The number of aromatic nitrogens is 1. The normalized spacial score (nSPS) is 13.4. The number of hydrogen-bond donors (Lipinski definition) is 1. The molecule has 7 heteroatoms. The number of aliphatic carboxylic acids is 1. The van der Waals surface area contributed by atoms with Crippen LogP contribution in [0.3, 0.4) is 0 Å². The van der Waals surface area contributed by atoms with Gasteiger partial charge < -0.3 is 5.11 Å². The van der Waals surface area contributed by atoms with Gasteiger partial charge >= 0.3 is 5.97 Å². The van der Waals surface area contributed by atoms with Gasteiger partial charge in [-0.3, -0.25) is 9.78 Å². The maximum absolute atomic E-state index is 11.6. The van der Waals surface area contributed by atoms with Crippen molar-refractivity contribution >= 4 is 31.7 Å². The fourth-order valence-corrected chi connectivity index (χ4v) is 2.64. The Morgan fingerprint density at radius 3 is 2.69 bits per heavy atom. The van der Waals surface area contributed by atoms with Crippen molar-refractivity contribution in [2.24, 2.45) is 0 Å². The van der Waals surface area contributed by atoms with E-state index in [9.17, 15) is 13.2 Å². The van der Waals surface area contributed by atoms with Crippen LogP contribution in [0.2, 0.25) is 0 Å². The molecule has 1 aromatic rings. The van der Waals surface area contributed by atoms with Crippen molar-refractivity contribution in [1.82, 2.24) is 4.98 Å². The van der Waals surface area contributed by atoms with Gasteiger partial charge in [-0.2, -0.15) is 0 Å². The van der Waals surface area contributed by atoms with Crippen molar-refractivity contribution in [2.45, 2.75) is 17.9 Å². The first-order valence-corrected chi connectivity index (χ1v) is 6.87. The maximum Gasteiger partial charge on any atom is 0.321 e. The van der Waals surface area contributed by atoms with Gasteiger partial charge in [-0.25, -0.2) is 8.42 Å². The van der Waals surface area contributed by atoms with Crippen LogP contribution in [-0.4, -0.2) is 29.7 Å². The number of sulfone groups is 1. The van der Waals surface area contributed by atoms with Gasteiger partial charge in [0.2, 0.25) is 0 Å². The van der Waals surface area contributed by atoms with Crippen molar-refractivity contribution < 1.29 is 18.3 Å². The number of carboxylic acids is 1. The number of nitrogens with zero attached hydrogens (tertiary/aromatic N) is 1. The fraction of sp³-hybridized carbons (Fsp3) is 0.333. The quantitative estimate of drug-likeness (QED) is 0.904. The first-order valence-electron chi connectivity index (χ1n) is 4.37. The number of pyridine rings is 1. The molecule has 1 heterocycles. The van der Waals surface area contributed by atoms with Gasteiger partial charge in [-0.05, 0) is 34.5 Å². The lowest BCUT2D eigenvalue weighted by molar-refractivity contribution is -0.136. The molecule has 0 bridgehead atoms. The Morgan fingerprint density at radius 2 is 2.19 bits per heavy atom. The Hall–Kier alpha value is -0.950. The van der Waals surface area contributed by atoms with Crippen molar-refractivity contribution in [1.29, 1.82) is 0 Å². The van der Waals surface area contributed by atoms with Gasteiger partial charge in [0, 0.05) is 16.9 Å². The van der Waals surface area contributed by atoms with E-state index in [-0.39, 0.29) is 5.75 Å². The van der Waals surface area contributed by atoms with Gasteiger partial charge in [0.25, 0.3) is 0 Å². The van der Waals surface area contributed by atoms with Gasteiger partial charge in [0.1, 0.15) is 0 Å². The predicted molar refractivity (Wildman–Crippen MR) is 61.7 cm³/mol. The molecule has 0 saturated heterocycles. The second kappa shape index (κ2) is 4.92. The average Bonchev–Trinajstić information content (AvgIpc) is 2.15. The van der Waals surface area contributed by atoms with Crippen molar-refractivity contribution in [2.75, 3.05) is 0 Å². The molecular weight excluding hydrogens is 298 g/mol. The summed E-state index contributed by atoms with van der Waals surface area (Å²) in [6.07, 6.45) is 2.92. The fourth-order valence-electron chi connectivity index (χ4n) is 1.05. The number of carboxylic acid groups (broad SMARTS) is 1. The Bertz CT molecular complexity index is 500. The summed E-state index contributed by atoms with van der Waals surface area (Å²) in [5.41, 5.74) is 0.461. The first kappa shape index (κ1) is 13.1. The molecule has 0 saturated carbocycles. The van der Waals surface area contributed by atoms with E-state index >= 15 is 0 Å². The van der Waals surface area contributed by atoms with Crippen LogP contribution in [0.15, 0.2) is 22.9 Å². The minimum Gasteiger partial charge on any atom is -0.480 e. The number of hydrogen-bond acceptors (Lipinski definition) is 4. The lowest BCUT2D eigenvalue weighted by Gasteiger charge is -2.08. The van der Waals surface area contributed by atoms with E-state index in [1.54, 1.807) is 6.07 Å². The predicted octanol–water partition coefficient (Wildman–Crippen LogP) is 1.23. The summed E-state index contributed by atoms with van der Waals surface area (Å²) in [4.78, 5) is 14.4. The van der Waals surface area contributed by atoms with Crippen molar-refractivity contribution in [3.05, 3.63) is 28.5 Å². The molecule has 0 aliphatic rings. The number of rotatable bonds is 4. The van der Waals surface area contributed by atoms with Gasteiger partial charge in [0.05, 0.1) is 5.75 Å². The second-order valence-corrected chi connectivity index (χ2v) is 6.54. The molecule has 0 aliphatic heterocycles. The zero-order chi connectivity index (χ0) is 12.3. The van der Waals surface area contributed by atoms with Crippen LogP contribution in [0.1, 0.15) is 12.5 Å². The molecule has 88 valence electrons. The lowest BCUT2D eigenvalue weighted by atomic mass is 10.3. The topological polar surface area (TPSA) is 84.3 Å². The Morgan fingerprint density at radius 1 is 1.56 bits per heavy atom. The Balaban J connectivity index is 2.93. The highest BCUT2D eigenvalue weighted by atomic mass is 79.9. The largest absolute Gasteiger partial charge is 0.480 e. The van der Waals surface area contributed by atoms with Crippen LogP contribution in [0.4, 0.5) is 0 Å². The third-order valence-corrected chi connectivity index (χ3v) is 4.46. The van der Waals surface area contributed by atoms with Crippen molar-refractivity contribution in [3.8, 4) is 0 Å². The molecule has 1 unspecified atom stereocenters. The minimum absolute atomic E-state index is 0.326. The number of carbonyl (C=O) groups is 1. The third kappa shape index (κ3) is 3.28. The van der Waals surface area contributed by atoms with E-state index in [2.05, 4.69) is 20.9 Å². The van der Waals surface area contributed by atoms with E-state index < -0.39 is 21.1 Å². The zero-order valence-electron chi connectivity index (χ0n) is 8.42. The molecule has 1 atom stereocenters. The summed E-state index contributed by atoms with van der Waals surface area (Å²) in [5.74, 6) is -1.67. The summed E-state index contributed by atoms with van der Waals surface area (Å²) in [7, 11) is -3.69. The summed E-state index contributed by atoms with van der Waals surface area (Å²) in [5, 5.41) is 7.24. The van der Waals surface area contributed by atoms with E-state index in [4.69, 9.17) is 5.11 Å². The van der Waals surface area contributed by atoms with Crippen LogP contribution in [0.5, 0.6) is 0 Å². The monoisotopic (exact) mass is 307 g/mol. The molecule has 16 heavy (non-hydrogen) atoms. The van der Waals surface area contributed by atoms with Gasteiger partial charge in [-0.15, -0.1) is 0 Å². The first-order chi connectivity index (χ1) is 7.33. The SMILES string of the molecule is CC(C(=O)O)S(=O)(=O)Cc1cncc(Br)c1. The van der Waals surface area contributed by atoms with Crippen LogP contribution in [0.25, 0.3) is 0 Å². The Kier molecular flexibility index (Phi) is 4.03. The zero-order valence-corrected chi connectivity index (χ0v) is 10.8. The molecule has 0 radical (unpaired) electrons. The molecule has 1 aromatic heterocycles. The van der Waals surface area contributed by atoms with Gasteiger partial charge in [0.15, 0.2) is 15.1 Å². The highest BCUT2D eigenvalue weighted by Crippen LogP contribution is 2.14. The third-order valence-electron chi connectivity index (χ3n) is 2.02. The van der Waals surface area contributed by atoms with Crippen LogP contribution >= 0.6 is 15.9 Å². The Labute approximate surface area is 102 Å². The summed E-state index contributed by atoms with van der Waals surface area (Å²) < 4.78 is 23.9. The van der Waals surface area contributed by atoms with E-state index in [1.165, 1.54) is 12.4 Å².